The van der Waals surface area contributed by atoms with Crippen molar-refractivity contribution < 1.29 is 19.1 Å². The zero-order valence-electron chi connectivity index (χ0n) is 12.9. The number of aryl methyl sites for hydroxylation is 1. The van der Waals surface area contributed by atoms with Crippen LogP contribution in [0.5, 0.6) is 0 Å². The van der Waals surface area contributed by atoms with Crippen molar-refractivity contribution in [1.82, 2.24) is 4.90 Å². The summed E-state index contributed by atoms with van der Waals surface area (Å²) in [6.07, 6.45) is 3.72. The van der Waals surface area contributed by atoms with Crippen LogP contribution in [-0.2, 0) is 19.1 Å². The molecule has 5 heteroatoms. The molecule has 22 heavy (non-hydrogen) atoms. The lowest BCUT2D eigenvalue weighted by Gasteiger charge is -2.23. The van der Waals surface area contributed by atoms with Crippen LogP contribution in [0.4, 0.5) is 0 Å². The van der Waals surface area contributed by atoms with E-state index in [1.165, 1.54) is 14.0 Å². The van der Waals surface area contributed by atoms with E-state index in [2.05, 4.69) is 0 Å². The molecule has 4 atom stereocenters. The van der Waals surface area contributed by atoms with E-state index in [-0.39, 0.29) is 18.0 Å². The number of hydrogen-bond acceptors (Lipinski definition) is 5. The fraction of sp³-hybridized carbons (Fsp3) is 0.412. The van der Waals surface area contributed by atoms with E-state index in [1.807, 2.05) is 48.2 Å². The molecule has 116 valence electrons. The van der Waals surface area contributed by atoms with Gasteiger partial charge in [0, 0.05) is 6.92 Å². The highest BCUT2D eigenvalue weighted by molar-refractivity contribution is 5.87. The Morgan fingerprint density at radius 3 is 2.55 bits per heavy atom. The number of fused-ring (bicyclic) bond motifs is 1. The summed E-state index contributed by atoms with van der Waals surface area (Å²) in [5, 5.41) is 0. The Bertz CT molecular complexity index is 637. The number of esters is 2. The average molecular weight is 301 g/mol. The number of ether oxygens (including phenoxy) is 2. The molecule has 0 aromatic heterocycles. The molecule has 1 aromatic carbocycles. The zero-order chi connectivity index (χ0) is 15.9. The van der Waals surface area contributed by atoms with Crippen molar-refractivity contribution in [3.63, 3.8) is 0 Å². The van der Waals surface area contributed by atoms with Gasteiger partial charge in [-0.2, -0.15) is 0 Å². The number of methoxy groups -OCH3 is 1. The predicted molar refractivity (Wildman–Crippen MR) is 79.8 cm³/mol. The van der Waals surface area contributed by atoms with Crippen molar-refractivity contribution >= 4 is 11.9 Å². The Balaban J connectivity index is 1.97. The fourth-order valence-corrected chi connectivity index (χ4v) is 3.33. The molecule has 0 amide bonds. The second kappa shape index (κ2) is 5.25. The van der Waals surface area contributed by atoms with Crippen molar-refractivity contribution in [2.75, 3.05) is 7.11 Å². The van der Waals surface area contributed by atoms with Gasteiger partial charge >= 0.3 is 11.9 Å². The lowest BCUT2D eigenvalue weighted by Crippen LogP contribution is -2.38. The molecule has 0 saturated carbocycles. The van der Waals surface area contributed by atoms with Gasteiger partial charge in [0.2, 0.25) is 0 Å². The number of carbonyl (C=O) groups is 2. The molecular weight excluding hydrogens is 282 g/mol. The van der Waals surface area contributed by atoms with Crippen LogP contribution in [0.3, 0.4) is 0 Å². The second-order valence-corrected chi connectivity index (χ2v) is 5.77. The predicted octanol–water partition coefficient (Wildman–Crippen LogP) is 2.11. The molecular formula is C17H19NO4. The standard InChI is InChI=1S/C17H19NO4/c1-11-6-8-13(9-7-11)15-17(16(20)21-3)10-4-5-14(18(15)17)22-12(2)19/h4-9,14-15H,10H2,1-3H3/t14-,15-,17-,18?/m0/s1. The van der Waals surface area contributed by atoms with Crippen LogP contribution in [-0.4, -0.2) is 35.7 Å². The molecule has 0 radical (unpaired) electrons. The first kappa shape index (κ1) is 14.8. The Morgan fingerprint density at radius 1 is 1.27 bits per heavy atom. The number of carbonyl (C=O) groups excluding carboxylic acids is 2. The van der Waals surface area contributed by atoms with Gasteiger partial charge in [-0.3, -0.25) is 4.79 Å². The molecule has 1 saturated heterocycles. The van der Waals surface area contributed by atoms with E-state index in [0.717, 1.165) is 11.1 Å². The number of hydrogen-bond donors (Lipinski definition) is 0. The van der Waals surface area contributed by atoms with E-state index in [9.17, 15) is 9.59 Å². The molecule has 0 spiro atoms. The van der Waals surface area contributed by atoms with E-state index >= 15 is 0 Å². The third-order valence-electron chi connectivity index (χ3n) is 4.35. The molecule has 0 bridgehead atoms. The minimum Gasteiger partial charge on any atom is -0.468 e. The van der Waals surface area contributed by atoms with Crippen LogP contribution in [0, 0.1) is 6.92 Å². The summed E-state index contributed by atoms with van der Waals surface area (Å²) in [4.78, 5) is 25.6. The van der Waals surface area contributed by atoms with Crippen LogP contribution in [0.2, 0.25) is 0 Å². The second-order valence-electron chi connectivity index (χ2n) is 5.77. The van der Waals surface area contributed by atoms with Crippen LogP contribution in [0.25, 0.3) is 0 Å². The van der Waals surface area contributed by atoms with E-state index in [0.29, 0.717) is 6.42 Å². The maximum Gasteiger partial charge on any atom is 0.328 e. The molecule has 5 nitrogen and oxygen atoms in total. The Morgan fingerprint density at radius 2 is 1.95 bits per heavy atom. The van der Waals surface area contributed by atoms with Crippen LogP contribution in [0.1, 0.15) is 30.5 Å². The first-order valence-corrected chi connectivity index (χ1v) is 7.28. The first-order chi connectivity index (χ1) is 10.5. The van der Waals surface area contributed by atoms with E-state index < -0.39 is 11.8 Å². The molecule has 1 fully saturated rings. The first-order valence-electron chi connectivity index (χ1n) is 7.28. The zero-order valence-corrected chi connectivity index (χ0v) is 12.9. The van der Waals surface area contributed by atoms with Gasteiger partial charge in [-0.25, -0.2) is 9.69 Å². The summed E-state index contributed by atoms with van der Waals surface area (Å²) in [6.45, 7) is 3.38. The molecule has 0 aliphatic carbocycles. The van der Waals surface area contributed by atoms with Crippen molar-refractivity contribution in [3.05, 3.63) is 47.5 Å². The number of rotatable bonds is 3. The van der Waals surface area contributed by atoms with Crippen LogP contribution in [0.15, 0.2) is 36.4 Å². The summed E-state index contributed by atoms with van der Waals surface area (Å²) in [6, 6.07) is 7.90. The molecule has 1 aromatic rings. The van der Waals surface area contributed by atoms with Gasteiger partial charge in [0.15, 0.2) is 6.23 Å². The van der Waals surface area contributed by atoms with Crippen LogP contribution >= 0.6 is 0 Å². The normalized spacial score (nSPS) is 32.0. The smallest absolute Gasteiger partial charge is 0.328 e. The molecule has 2 aliphatic rings. The van der Waals surface area contributed by atoms with Gasteiger partial charge in [0.05, 0.1) is 13.2 Å². The van der Waals surface area contributed by atoms with Gasteiger partial charge in [-0.1, -0.05) is 35.9 Å². The minimum absolute atomic E-state index is 0.139. The maximum absolute atomic E-state index is 12.4. The summed E-state index contributed by atoms with van der Waals surface area (Å²) < 4.78 is 10.3. The molecule has 3 rings (SSSR count). The number of nitrogens with zero attached hydrogens (tertiary/aromatic N) is 1. The van der Waals surface area contributed by atoms with E-state index in [4.69, 9.17) is 9.47 Å². The van der Waals surface area contributed by atoms with Gasteiger partial charge < -0.3 is 9.47 Å². The van der Waals surface area contributed by atoms with E-state index in [1.54, 1.807) is 0 Å². The molecule has 0 N–H and O–H groups in total. The summed E-state index contributed by atoms with van der Waals surface area (Å²) in [5.41, 5.74) is 1.42. The lowest BCUT2D eigenvalue weighted by atomic mass is 9.94. The highest BCUT2D eigenvalue weighted by Gasteiger charge is 2.72. The third-order valence-corrected chi connectivity index (χ3v) is 4.35. The Kier molecular flexibility index (Phi) is 3.53. The Hall–Kier alpha value is -2.14. The highest BCUT2D eigenvalue weighted by atomic mass is 16.6. The maximum atomic E-state index is 12.4. The fourth-order valence-electron chi connectivity index (χ4n) is 3.33. The summed E-state index contributed by atoms with van der Waals surface area (Å²) >= 11 is 0. The Labute approximate surface area is 129 Å². The van der Waals surface area contributed by atoms with Gasteiger partial charge in [-0.05, 0) is 25.0 Å². The van der Waals surface area contributed by atoms with Gasteiger partial charge in [0.1, 0.15) is 5.54 Å². The number of benzene rings is 1. The summed E-state index contributed by atoms with van der Waals surface area (Å²) in [5.74, 6) is -0.663. The topological polar surface area (TPSA) is 55.6 Å². The molecule has 1 unspecified atom stereocenters. The quantitative estimate of drug-likeness (QED) is 0.486. The molecule has 2 aliphatic heterocycles. The SMILES string of the molecule is COC(=O)[C@@]12CC=C[C@H](OC(C)=O)N1[C@H]2c1ccc(C)cc1. The van der Waals surface area contributed by atoms with Gasteiger partial charge in [0.25, 0.3) is 0 Å². The largest absolute Gasteiger partial charge is 0.468 e. The third kappa shape index (κ3) is 2.13. The van der Waals surface area contributed by atoms with Crippen molar-refractivity contribution in [2.45, 2.75) is 38.1 Å². The van der Waals surface area contributed by atoms with Crippen LogP contribution < -0.4 is 0 Å². The minimum atomic E-state index is -0.765. The summed E-state index contributed by atoms with van der Waals surface area (Å²) in [7, 11) is 1.39. The van der Waals surface area contributed by atoms with Crippen molar-refractivity contribution in [1.29, 1.82) is 0 Å². The monoisotopic (exact) mass is 301 g/mol. The van der Waals surface area contributed by atoms with Crippen molar-refractivity contribution in [3.8, 4) is 0 Å². The van der Waals surface area contributed by atoms with Crippen molar-refractivity contribution in [2.24, 2.45) is 0 Å². The van der Waals surface area contributed by atoms with Gasteiger partial charge in [-0.15, -0.1) is 0 Å². The lowest BCUT2D eigenvalue weighted by molar-refractivity contribution is -0.154. The molecule has 2 heterocycles. The average Bonchev–Trinajstić information content (AvgIpc) is 3.18. The highest BCUT2D eigenvalue weighted by Crippen LogP contribution is 2.59.